The number of phenolic OH excluding ortho intramolecular Hbond substituents is 1. The average Bonchev–Trinajstić information content (AvgIpc) is 2.87. The van der Waals surface area contributed by atoms with E-state index in [1.54, 1.807) is 12.1 Å². The van der Waals surface area contributed by atoms with Crippen LogP contribution in [0, 0.1) is 23.2 Å². The van der Waals surface area contributed by atoms with Crippen LogP contribution in [0.5, 0.6) is 5.75 Å². The minimum atomic E-state index is -0.202. The number of cyclic esters (lactones) is 1. The number of amides is 1. The lowest BCUT2D eigenvalue weighted by Crippen LogP contribution is -2.51. The van der Waals surface area contributed by atoms with Crippen molar-refractivity contribution in [1.29, 1.82) is 0 Å². The summed E-state index contributed by atoms with van der Waals surface area (Å²) in [6.07, 6.45) is 7.86. The molecule has 0 aromatic heterocycles. The first-order valence-electron chi connectivity index (χ1n) is 9.33. The third-order valence-corrected chi connectivity index (χ3v) is 6.84. The van der Waals surface area contributed by atoms with Gasteiger partial charge >= 0.3 is 6.09 Å². The third kappa shape index (κ3) is 2.38. The number of phenols is 1. The first-order chi connectivity index (χ1) is 11.6. The molecular weight excluding hydrogens is 302 g/mol. The number of hydrogen-bond donors (Lipinski definition) is 1. The molecule has 4 aliphatic carbocycles. The molecule has 0 radical (unpaired) electrons. The predicted octanol–water partition coefficient (Wildman–Crippen LogP) is 4.10. The largest absolute Gasteiger partial charge is 0.508 e. The second kappa shape index (κ2) is 5.14. The molecule has 1 saturated heterocycles. The van der Waals surface area contributed by atoms with Gasteiger partial charge < -0.3 is 14.7 Å². The smallest absolute Gasteiger partial charge is 0.410 e. The summed E-state index contributed by atoms with van der Waals surface area (Å²) in [5, 5.41) is 9.43. The van der Waals surface area contributed by atoms with Gasteiger partial charge in [-0.3, -0.25) is 0 Å². The lowest BCUT2D eigenvalue weighted by molar-refractivity contribution is -0.0627. The molecule has 1 amide bonds. The van der Waals surface area contributed by atoms with Gasteiger partial charge in [0.2, 0.25) is 0 Å². The van der Waals surface area contributed by atoms with E-state index in [2.05, 4.69) is 0 Å². The van der Waals surface area contributed by atoms with Crippen molar-refractivity contribution in [3.8, 4) is 5.75 Å². The molecule has 1 aromatic carbocycles. The molecule has 24 heavy (non-hydrogen) atoms. The normalized spacial score (nSPS) is 40.2. The lowest BCUT2D eigenvalue weighted by Gasteiger charge is -2.57. The van der Waals surface area contributed by atoms with Crippen LogP contribution in [0.4, 0.5) is 4.79 Å². The number of carbonyl (C=O) groups is 1. The number of aromatic hydroxyl groups is 1. The summed E-state index contributed by atoms with van der Waals surface area (Å²) in [6, 6.07) is 7.01. The van der Waals surface area contributed by atoms with E-state index in [1.165, 1.54) is 38.5 Å². The zero-order valence-electron chi connectivity index (χ0n) is 14.0. The topological polar surface area (TPSA) is 49.8 Å². The number of hydrogen-bond acceptors (Lipinski definition) is 3. The Hall–Kier alpha value is -1.71. The number of benzene rings is 1. The molecule has 1 unspecified atom stereocenters. The highest BCUT2D eigenvalue weighted by Crippen LogP contribution is 2.60. The van der Waals surface area contributed by atoms with Gasteiger partial charge in [-0.1, -0.05) is 12.1 Å². The molecule has 4 heteroatoms. The van der Waals surface area contributed by atoms with E-state index in [9.17, 15) is 9.90 Å². The zero-order valence-corrected chi connectivity index (χ0v) is 14.0. The highest BCUT2D eigenvalue weighted by Gasteiger charge is 2.52. The first-order valence-corrected chi connectivity index (χ1v) is 9.33. The molecule has 128 valence electrons. The quantitative estimate of drug-likeness (QED) is 0.909. The minimum absolute atomic E-state index is 0.163. The maximum absolute atomic E-state index is 12.4. The molecule has 4 saturated carbocycles. The summed E-state index contributed by atoms with van der Waals surface area (Å²) in [5.74, 6) is 2.96. The van der Waals surface area contributed by atoms with E-state index in [4.69, 9.17) is 4.74 Å². The Balaban J connectivity index is 1.31. The summed E-state index contributed by atoms with van der Waals surface area (Å²) < 4.78 is 5.62. The van der Waals surface area contributed by atoms with Gasteiger partial charge in [-0.25, -0.2) is 4.79 Å². The fourth-order valence-corrected chi connectivity index (χ4v) is 6.39. The minimum Gasteiger partial charge on any atom is -0.508 e. The maximum Gasteiger partial charge on any atom is 0.410 e. The van der Waals surface area contributed by atoms with E-state index in [0.29, 0.717) is 12.0 Å². The van der Waals surface area contributed by atoms with Gasteiger partial charge in [0.15, 0.2) is 0 Å². The summed E-state index contributed by atoms with van der Waals surface area (Å²) in [7, 11) is 0. The van der Waals surface area contributed by atoms with Crippen LogP contribution in [-0.4, -0.2) is 29.2 Å². The number of carbonyl (C=O) groups excluding carboxylic acids is 1. The Bertz CT molecular complexity index is 618. The summed E-state index contributed by atoms with van der Waals surface area (Å²) >= 11 is 0. The summed E-state index contributed by atoms with van der Waals surface area (Å²) in [6.45, 7) is 1.52. The van der Waals surface area contributed by atoms with Crippen molar-refractivity contribution in [3.05, 3.63) is 29.8 Å². The number of ether oxygens (including phenoxy) is 1. The van der Waals surface area contributed by atoms with Crippen LogP contribution in [0.2, 0.25) is 0 Å². The van der Waals surface area contributed by atoms with Gasteiger partial charge in [-0.15, -0.1) is 0 Å². The standard InChI is InChI=1S/C20H25NO3/c22-17-3-1-16(2-4-17)18-11-21(19(23)24-18)12-20-8-13-5-14(9-20)7-15(6-13)10-20/h1-4,13-15,18,22H,5-12H2. The zero-order chi connectivity index (χ0) is 16.3. The Morgan fingerprint density at radius 3 is 2.21 bits per heavy atom. The fraction of sp³-hybridized carbons (Fsp3) is 0.650. The fourth-order valence-electron chi connectivity index (χ4n) is 6.39. The van der Waals surface area contributed by atoms with Crippen LogP contribution in [0.1, 0.15) is 50.2 Å². The molecule has 4 nitrogen and oxygen atoms in total. The molecule has 1 N–H and O–H groups in total. The van der Waals surface area contributed by atoms with Crippen LogP contribution < -0.4 is 0 Å². The van der Waals surface area contributed by atoms with E-state index < -0.39 is 0 Å². The lowest BCUT2D eigenvalue weighted by atomic mass is 9.49. The second-order valence-corrected chi connectivity index (χ2v) is 8.76. The van der Waals surface area contributed by atoms with Gasteiger partial charge in [-0.05, 0) is 79.4 Å². The van der Waals surface area contributed by atoms with Gasteiger partial charge in [0.25, 0.3) is 0 Å². The molecule has 1 atom stereocenters. The van der Waals surface area contributed by atoms with Crippen LogP contribution in [0.25, 0.3) is 0 Å². The Morgan fingerprint density at radius 1 is 1.04 bits per heavy atom. The maximum atomic E-state index is 12.4. The van der Waals surface area contributed by atoms with Crippen LogP contribution in [0.3, 0.4) is 0 Å². The van der Waals surface area contributed by atoms with Gasteiger partial charge in [0, 0.05) is 6.54 Å². The molecule has 6 rings (SSSR count). The van der Waals surface area contributed by atoms with E-state index in [-0.39, 0.29) is 17.9 Å². The van der Waals surface area contributed by atoms with E-state index >= 15 is 0 Å². The van der Waals surface area contributed by atoms with Crippen molar-refractivity contribution < 1.29 is 14.6 Å². The van der Waals surface area contributed by atoms with Crippen molar-refractivity contribution >= 4 is 6.09 Å². The van der Waals surface area contributed by atoms with Crippen molar-refractivity contribution in [3.63, 3.8) is 0 Å². The second-order valence-electron chi connectivity index (χ2n) is 8.76. The van der Waals surface area contributed by atoms with E-state index in [0.717, 1.165) is 29.9 Å². The monoisotopic (exact) mass is 327 g/mol. The van der Waals surface area contributed by atoms with Gasteiger partial charge in [0.05, 0.1) is 6.54 Å². The van der Waals surface area contributed by atoms with Crippen molar-refractivity contribution in [1.82, 2.24) is 4.90 Å². The SMILES string of the molecule is O=C1OC(c2ccc(O)cc2)CN1CC12CC3CC(CC(C3)C1)C2. The van der Waals surface area contributed by atoms with Crippen molar-refractivity contribution in [2.45, 2.75) is 44.6 Å². The molecule has 5 fully saturated rings. The Kier molecular flexibility index (Phi) is 3.13. The molecule has 1 aliphatic heterocycles. The summed E-state index contributed by atoms with van der Waals surface area (Å²) in [5.41, 5.74) is 1.33. The van der Waals surface area contributed by atoms with Crippen molar-refractivity contribution in [2.75, 3.05) is 13.1 Å². The Morgan fingerprint density at radius 2 is 1.62 bits per heavy atom. The highest BCUT2D eigenvalue weighted by molar-refractivity contribution is 5.70. The predicted molar refractivity (Wildman–Crippen MR) is 89.5 cm³/mol. The highest BCUT2D eigenvalue weighted by atomic mass is 16.6. The van der Waals surface area contributed by atoms with Crippen molar-refractivity contribution in [2.24, 2.45) is 23.2 Å². The number of rotatable bonds is 3. The van der Waals surface area contributed by atoms with E-state index in [1.807, 2.05) is 17.0 Å². The Labute approximate surface area is 142 Å². The summed E-state index contributed by atoms with van der Waals surface area (Å²) in [4.78, 5) is 14.4. The average molecular weight is 327 g/mol. The van der Waals surface area contributed by atoms with Crippen LogP contribution >= 0.6 is 0 Å². The van der Waals surface area contributed by atoms with Gasteiger partial charge in [-0.2, -0.15) is 0 Å². The van der Waals surface area contributed by atoms with Gasteiger partial charge in [0.1, 0.15) is 11.9 Å². The molecule has 4 bridgehead atoms. The first kappa shape index (κ1) is 14.6. The number of nitrogens with zero attached hydrogens (tertiary/aromatic N) is 1. The molecular formula is C20H25NO3. The van der Waals surface area contributed by atoms with Crippen LogP contribution in [0.15, 0.2) is 24.3 Å². The third-order valence-electron chi connectivity index (χ3n) is 6.84. The molecule has 1 heterocycles. The molecule has 5 aliphatic rings. The van der Waals surface area contributed by atoms with Crippen LogP contribution in [-0.2, 0) is 4.74 Å². The molecule has 0 spiro atoms. The molecule has 1 aromatic rings.